The molecule has 0 atom stereocenters. The van der Waals surface area contributed by atoms with Gasteiger partial charge in [0.15, 0.2) is 0 Å². The third kappa shape index (κ3) is 3.98. The Hall–Kier alpha value is -0.570. The van der Waals surface area contributed by atoms with Crippen molar-refractivity contribution in [2.75, 3.05) is 13.2 Å². The van der Waals surface area contributed by atoms with Gasteiger partial charge in [0.05, 0.1) is 6.61 Å². The number of carbonyl (C=O) groups excluding carboxylic acids is 1. The average Bonchev–Trinajstić information content (AvgIpc) is 3.13. The largest absolute Gasteiger partial charge is 0.395 e. The van der Waals surface area contributed by atoms with E-state index in [0.717, 1.165) is 19.3 Å². The fourth-order valence-corrected chi connectivity index (χ4v) is 2.94. The number of hydrogen-bond donors (Lipinski definition) is 1. The van der Waals surface area contributed by atoms with Gasteiger partial charge in [-0.2, -0.15) is 0 Å². The van der Waals surface area contributed by atoms with Crippen LogP contribution >= 0.6 is 0 Å². The number of carbonyl (C=O) groups is 1. The molecule has 0 bridgehead atoms. The van der Waals surface area contributed by atoms with E-state index in [4.69, 9.17) is 5.11 Å². The van der Waals surface area contributed by atoms with Gasteiger partial charge in [-0.05, 0) is 31.6 Å². The van der Waals surface area contributed by atoms with E-state index in [9.17, 15) is 4.79 Å². The molecule has 0 unspecified atom stereocenters. The SMILES string of the molecule is O=C(CC1CCCCCC1)N(CCO)C1CC1. The second kappa shape index (κ2) is 6.39. The Morgan fingerprint density at radius 1 is 1.06 bits per heavy atom. The molecule has 17 heavy (non-hydrogen) atoms. The molecule has 1 amide bonds. The Labute approximate surface area is 104 Å². The predicted molar refractivity (Wildman–Crippen MR) is 67.6 cm³/mol. The first-order valence-corrected chi connectivity index (χ1v) is 7.21. The Balaban J connectivity index is 1.80. The summed E-state index contributed by atoms with van der Waals surface area (Å²) in [6.07, 6.45) is 10.7. The molecule has 3 nitrogen and oxygen atoms in total. The first-order valence-electron chi connectivity index (χ1n) is 7.21. The summed E-state index contributed by atoms with van der Waals surface area (Å²) < 4.78 is 0. The second-order valence-electron chi connectivity index (χ2n) is 5.60. The lowest BCUT2D eigenvalue weighted by Crippen LogP contribution is -2.36. The van der Waals surface area contributed by atoms with Crippen molar-refractivity contribution >= 4 is 5.91 Å². The summed E-state index contributed by atoms with van der Waals surface area (Å²) in [5, 5.41) is 9.02. The van der Waals surface area contributed by atoms with Gasteiger partial charge in [0.1, 0.15) is 0 Å². The van der Waals surface area contributed by atoms with Crippen LogP contribution in [0.4, 0.5) is 0 Å². The van der Waals surface area contributed by atoms with Crippen molar-refractivity contribution in [3.05, 3.63) is 0 Å². The molecule has 1 N–H and O–H groups in total. The van der Waals surface area contributed by atoms with Crippen molar-refractivity contribution in [2.24, 2.45) is 5.92 Å². The Morgan fingerprint density at radius 3 is 2.24 bits per heavy atom. The second-order valence-corrected chi connectivity index (χ2v) is 5.60. The van der Waals surface area contributed by atoms with Crippen molar-refractivity contribution in [1.29, 1.82) is 0 Å². The molecule has 0 aromatic carbocycles. The molecule has 2 fully saturated rings. The summed E-state index contributed by atoms with van der Waals surface area (Å²) in [5.74, 6) is 0.887. The maximum absolute atomic E-state index is 12.2. The summed E-state index contributed by atoms with van der Waals surface area (Å²) in [6, 6.07) is 0.445. The summed E-state index contributed by atoms with van der Waals surface area (Å²) in [7, 11) is 0. The van der Waals surface area contributed by atoms with Gasteiger partial charge in [-0.3, -0.25) is 4.79 Å². The Morgan fingerprint density at radius 2 is 1.71 bits per heavy atom. The van der Waals surface area contributed by atoms with Crippen LogP contribution in [-0.2, 0) is 4.79 Å². The Kier molecular flexibility index (Phi) is 4.84. The van der Waals surface area contributed by atoms with Crippen LogP contribution in [0.15, 0.2) is 0 Å². The molecule has 0 aromatic rings. The molecule has 0 spiro atoms. The monoisotopic (exact) mass is 239 g/mol. The molecular formula is C14H25NO2. The van der Waals surface area contributed by atoms with Gasteiger partial charge in [-0.1, -0.05) is 25.7 Å². The van der Waals surface area contributed by atoms with Crippen LogP contribution in [0.2, 0.25) is 0 Å². The van der Waals surface area contributed by atoms with E-state index in [1.165, 1.54) is 38.5 Å². The third-order valence-electron chi connectivity index (χ3n) is 4.09. The maximum Gasteiger partial charge on any atom is 0.223 e. The first-order chi connectivity index (χ1) is 8.31. The highest BCUT2D eigenvalue weighted by atomic mass is 16.3. The summed E-state index contributed by atoms with van der Waals surface area (Å²) in [6.45, 7) is 0.642. The van der Waals surface area contributed by atoms with E-state index in [1.54, 1.807) is 0 Å². The van der Waals surface area contributed by atoms with Gasteiger partial charge >= 0.3 is 0 Å². The van der Waals surface area contributed by atoms with Gasteiger partial charge < -0.3 is 10.0 Å². The molecule has 0 radical (unpaired) electrons. The number of aliphatic hydroxyl groups excluding tert-OH is 1. The lowest BCUT2D eigenvalue weighted by molar-refractivity contribution is -0.133. The fourth-order valence-electron chi connectivity index (χ4n) is 2.94. The molecule has 3 heteroatoms. The Bertz CT molecular complexity index is 243. The molecule has 2 saturated carbocycles. The van der Waals surface area contributed by atoms with Crippen LogP contribution < -0.4 is 0 Å². The predicted octanol–water partition coefficient (Wildman–Crippen LogP) is 2.33. The van der Waals surface area contributed by atoms with E-state index in [0.29, 0.717) is 18.5 Å². The molecule has 2 rings (SSSR count). The maximum atomic E-state index is 12.2. The van der Waals surface area contributed by atoms with Crippen molar-refractivity contribution in [3.63, 3.8) is 0 Å². The van der Waals surface area contributed by atoms with Gasteiger partial charge in [0, 0.05) is 19.0 Å². The molecule has 2 aliphatic carbocycles. The number of amides is 1. The molecule has 0 saturated heterocycles. The van der Waals surface area contributed by atoms with E-state index in [2.05, 4.69) is 0 Å². The zero-order chi connectivity index (χ0) is 12.1. The standard InChI is InChI=1S/C14H25NO2/c16-10-9-15(13-7-8-13)14(17)11-12-5-3-1-2-4-6-12/h12-13,16H,1-11H2. The van der Waals surface area contributed by atoms with E-state index >= 15 is 0 Å². The zero-order valence-electron chi connectivity index (χ0n) is 10.7. The van der Waals surface area contributed by atoms with E-state index < -0.39 is 0 Å². The summed E-state index contributed by atoms with van der Waals surface area (Å²) >= 11 is 0. The highest BCUT2D eigenvalue weighted by molar-refractivity contribution is 5.77. The lowest BCUT2D eigenvalue weighted by Gasteiger charge is -2.24. The van der Waals surface area contributed by atoms with Crippen molar-refractivity contribution in [3.8, 4) is 0 Å². The lowest BCUT2D eigenvalue weighted by atomic mass is 9.96. The quantitative estimate of drug-likeness (QED) is 0.748. The first kappa shape index (κ1) is 12.9. The van der Waals surface area contributed by atoms with Crippen molar-refractivity contribution in [1.82, 2.24) is 4.90 Å². The van der Waals surface area contributed by atoms with Gasteiger partial charge in [-0.15, -0.1) is 0 Å². The number of rotatable bonds is 5. The topological polar surface area (TPSA) is 40.5 Å². The van der Waals surface area contributed by atoms with Gasteiger partial charge in [0.25, 0.3) is 0 Å². The highest BCUT2D eigenvalue weighted by Crippen LogP contribution is 2.30. The molecule has 0 heterocycles. The fraction of sp³-hybridized carbons (Fsp3) is 0.929. The van der Waals surface area contributed by atoms with Gasteiger partial charge in [-0.25, -0.2) is 0 Å². The highest BCUT2D eigenvalue weighted by Gasteiger charge is 2.32. The average molecular weight is 239 g/mol. The van der Waals surface area contributed by atoms with Crippen LogP contribution in [0, 0.1) is 5.92 Å². The van der Waals surface area contributed by atoms with Crippen LogP contribution in [0.3, 0.4) is 0 Å². The molecule has 2 aliphatic rings. The van der Waals surface area contributed by atoms with Crippen molar-refractivity contribution in [2.45, 2.75) is 63.8 Å². The number of hydrogen-bond acceptors (Lipinski definition) is 2. The molecule has 0 aliphatic heterocycles. The number of aliphatic hydroxyl groups is 1. The smallest absolute Gasteiger partial charge is 0.223 e. The molecular weight excluding hydrogens is 214 g/mol. The minimum Gasteiger partial charge on any atom is -0.395 e. The third-order valence-corrected chi connectivity index (χ3v) is 4.09. The van der Waals surface area contributed by atoms with Crippen LogP contribution in [0.25, 0.3) is 0 Å². The van der Waals surface area contributed by atoms with Crippen LogP contribution in [-0.4, -0.2) is 35.1 Å². The van der Waals surface area contributed by atoms with E-state index in [1.807, 2.05) is 4.90 Å². The van der Waals surface area contributed by atoms with Crippen LogP contribution in [0.1, 0.15) is 57.8 Å². The molecule has 0 aromatic heterocycles. The zero-order valence-corrected chi connectivity index (χ0v) is 10.7. The van der Waals surface area contributed by atoms with Crippen molar-refractivity contribution < 1.29 is 9.90 Å². The summed E-state index contributed by atoms with van der Waals surface area (Å²) in [4.78, 5) is 14.1. The molecule has 98 valence electrons. The number of nitrogens with zero attached hydrogens (tertiary/aromatic N) is 1. The van der Waals surface area contributed by atoms with E-state index in [-0.39, 0.29) is 12.5 Å². The van der Waals surface area contributed by atoms with Gasteiger partial charge in [0.2, 0.25) is 5.91 Å². The minimum absolute atomic E-state index is 0.104. The van der Waals surface area contributed by atoms with Crippen LogP contribution in [0.5, 0.6) is 0 Å². The normalized spacial score (nSPS) is 22.2. The minimum atomic E-state index is 0.104. The summed E-state index contributed by atoms with van der Waals surface area (Å²) in [5.41, 5.74) is 0.